The summed E-state index contributed by atoms with van der Waals surface area (Å²) in [5.41, 5.74) is 3.96. The molecule has 0 amide bonds. The van der Waals surface area contributed by atoms with Gasteiger partial charge in [-0.2, -0.15) is 60.5 Å². The molecule has 7 nitrogen and oxygen atoms in total. The van der Waals surface area contributed by atoms with E-state index in [1.54, 1.807) is 60.9 Å². The smallest absolute Gasteiger partial charge is 0.115 e. The number of benzene rings is 6. The second-order valence-corrected chi connectivity index (χ2v) is 18.9. The van der Waals surface area contributed by atoms with Crippen molar-refractivity contribution in [3.05, 3.63) is 350 Å². The van der Waals surface area contributed by atoms with E-state index >= 15 is 0 Å². The maximum Gasteiger partial charge on any atom is 0.115 e. The van der Waals surface area contributed by atoms with Crippen LogP contribution in [0.2, 0.25) is 0 Å². The van der Waals surface area contributed by atoms with Gasteiger partial charge in [0, 0.05) is 121 Å². The largest absolute Gasteiger partial charge is 0.473 e. The standard InChI is InChI=1S/C8H9.C7H8.C6H12.3C6H6.C6H5.C5H7N.C5H5N.C5H6S.C4H4N2.C4H5N.C4H8O.C4H4O.11C2H6.2Y/c1-2-8-6-4-3-5-7-8;1-7-5-3-2-4-6-7;5*1-2-4-6-5-3-1;1-5-2-3-6-4-5;1-2-4-6-5-3-1;1-5-3-2-4-6-5;1-2-5-4-6-3-1;3*1-2-4-5-3-1;11*1-2;;/h2-7H,1H3;2-6H,1H3;1-6H2;3*1-6H;1-5H;2-3H,4H2,1H3;1-5H;2-4H,1H3;1-4H;1-3H,4H2;1-4H2;1-4H;11*1-2H3;;/q-1;;;;;;-1;;;;;;;;;;;;;;;;;;;;. The van der Waals surface area contributed by atoms with E-state index in [1.807, 2.05) is 390 Å². The molecule has 108 heavy (non-hydrogen) atoms. The first kappa shape index (κ1) is 131. The van der Waals surface area contributed by atoms with Crippen molar-refractivity contribution in [3.63, 3.8) is 0 Å². The van der Waals surface area contributed by atoms with Crippen LogP contribution in [0.1, 0.15) is 234 Å². The molecule has 10 heteroatoms. The van der Waals surface area contributed by atoms with Crippen LogP contribution in [0.5, 0.6) is 0 Å². The number of aliphatic imine (C=N–C) groups is 2. The summed E-state index contributed by atoms with van der Waals surface area (Å²) in [7, 11) is 0. The Morgan fingerprint density at radius 1 is 0.361 bits per heavy atom. The Labute approximate surface area is 724 Å². The van der Waals surface area contributed by atoms with Crippen molar-refractivity contribution in [1.29, 1.82) is 0 Å². The van der Waals surface area contributed by atoms with Gasteiger partial charge in [-0.25, -0.2) is 9.97 Å². The van der Waals surface area contributed by atoms with Crippen LogP contribution >= 0.6 is 11.3 Å². The Balaban J connectivity index is -0.0000000802. The number of allylic oxidation sites excluding steroid dienone is 2. The van der Waals surface area contributed by atoms with Gasteiger partial charge in [0.1, 0.15) is 6.33 Å². The minimum absolute atomic E-state index is 0. The van der Waals surface area contributed by atoms with Crippen LogP contribution in [-0.2, 0) is 70.2 Å². The molecule has 600 valence electrons. The van der Waals surface area contributed by atoms with E-state index in [0.717, 1.165) is 26.3 Å². The number of ether oxygens (including phenoxy) is 1. The second-order valence-electron chi connectivity index (χ2n) is 17.7. The number of aromatic nitrogens is 3. The minimum atomic E-state index is 0. The van der Waals surface area contributed by atoms with Gasteiger partial charge in [0.15, 0.2) is 0 Å². The van der Waals surface area contributed by atoms with E-state index < -0.39 is 0 Å². The van der Waals surface area contributed by atoms with Gasteiger partial charge in [0.25, 0.3) is 0 Å². The Bertz CT molecular complexity index is 2350. The van der Waals surface area contributed by atoms with Crippen LogP contribution in [-0.4, -0.2) is 53.7 Å². The Kier molecular flexibility index (Phi) is 181. The van der Waals surface area contributed by atoms with Crippen molar-refractivity contribution in [2.75, 3.05) is 26.3 Å². The quantitative estimate of drug-likeness (QED) is 0.153. The van der Waals surface area contributed by atoms with E-state index in [9.17, 15) is 0 Å². The maximum absolute atomic E-state index is 4.94. The van der Waals surface area contributed by atoms with Crippen LogP contribution in [0.25, 0.3) is 0 Å². The van der Waals surface area contributed by atoms with E-state index in [0.29, 0.717) is 0 Å². The van der Waals surface area contributed by atoms with Gasteiger partial charge in [-0.15, -0.1) is 23.5 Å². The van der Waals surface area contributed by atoms with E-state index in [4.69, 9.17) is 4.74 Å². The van der Waals surface area contributed by atoms with Crippen LogP contribution < -0.4 is 0 Å². The summed E-state index contributed by atoms with van der Waals surface area (Å²) in [6.45, 7) is 56.1. The molecule has 0 atom stereocenters. The summed E-state index contributed by atoms with van der Waals surface area (Å²) < 4.78 is 9.53. The number of aryl methyl sites for hydroxylation is 2. The molecule has 4 aromatic heterocycles. The fraction of sp³-hybridized carbons (Fsp3) is 0.388. The molecule has 4 aliphatic rings. The van der Waals surface area contributed by atoms with Gasteiger partial charge >= 0.3 is 0 Å². The van der Waals surface area contributed by atoms with Gasteiger partial charge in [0.05, 0.1) is 25.6 Å². The Morgan fingerprint density at radius 3 is 0.843 bits per heavy atom. The summed E-state index contributed by atoms with van der Waals surface area (Å²) in [6, 6.07) is 84.3. The fourth-order valence-electron chi connectivity index (χ4n) is 6.13. The molecular formula is C98H157N5O2SY2-2. The second kappa shape index (κ2) is 150. The molecule has 1 saturated carbocycles. The first-order chi connectivity index (χ1) is 52.6. The monoisotopic (exact) mass is 1650 g/mol. The van der Waals surface area contributed by atoms with E-state index in [1.165, 1.54) is 79.3 Å². The number of hydrogen-bond donors (Lipinski definition) is 0. The summed E-state index contributed by atoms with van der Waals surface area (Å²) in [5, 5.41) is 2.08. The summed E-state index contributed by atoms with van der Waals surface area (Å²) in [4.78, 5) is 20.3. The average molecular weight is 1650 g/mol. The number of nitrogens with zero attached hydrogens (tertiary/aromatic N) is 5. The van der Waals surface area contributed by atoms with Crippen LogP contribution in [0, 0.1) is 26.3 Å². The number of rotatable bonds is 1. The molecule has 1 saturated heterocycles. The van der Waals surface area contributed by atoms with Crippen molar-refractivity contribution in [1.82, 2.24) is 15.0 Å². The zero-order valence-corrected chi connectivity index (χ0v) is 79.8. The molecule has 0 unspecified atom stereocenters. The SMILES string of the molecule is C1=CCN=C1.C1CCCCC1.C1CCOC1.CC.CC.CC.CC.CC.CC.CC.CC.CC.CC.CC.CC1=CC=NC1.C[CH-]c1ccccc1.Cc1ccccc1.Cc1cccs1.[Y].[Y].[c-]1ccccc1.c1ccccc1.c1ccccc1.c1ccccc1.c1ccncc1.c1ccoc1.c1cncnc1. The predicted molar refractivity (Wildman–Crippen MR) is 488 cm³/mol. The topological polar surface area (TPSA) is 85.8 Å². The molecule has 3 aliphatic heterocycles. The molecule has 10 aromatic rings. The number of thiophene rings is 1. The molecule has 2 fully saturated rings. The third kappa shape index (κ3) is 142. The number of hydrogen-bond acceptors (Lipinski definition) is 8. The van der Waals surface area contributed by atoms with Gasteiger partial charge in [-0.3, -0.25) is 15.0 Å². The normalized spacial score (nSPS) is 9.63. The maximum atomic E-state index is 4.94. The molecule has 0 bridgehead atoms. The molecule has 0 spiro atoms. The van der Waals surface area contributed by atoms with Crippen molar-refractivity contribution in [2.24, 2.45) is 9.98 Å². The molecule has 14 rings (SSSR count). The Morgan fingerprint density at radius 2 is 0.713 bits per heavy atom. The summed E-state index contributed by atoms with van der Waals surface area (Å²) >= 11 is 1.78. The molecule has 7 heterocycles. The third-order valence-corrected chi connectivity index (χ3v) is 11.3. The van der Waals surface area contributed by atoms with Crippen molar-refractivity contribution < 1.29 is 74.6 Å². The van der Waals surface area contributed by atoms with Gasteiger partial charge < -0.3 is 9.15 Å². The summed E-state index contributed by atoms with van der Waals surface area (Å²) in [6.07, 6.45) is 34.9. The zero-order valence-electron chi connectivity index (χ0n) is 73.4. The van der Waals surface area contributed by atoms with E-state index in [-0.39, 0.29) is 65.4 Å². The van der Waals surface area contributed by atoms with Gasteiger partial charge in [0.2, 0.25) is 0 Å². The van der Waals surface area contributed by atoms with Gasteiger partial charge in [-0.05, 0) is 87.5 Å². The third-order valence-electron chi connectivity index (χ3n) is 10.5. The van der Waals surface area contributed by atoms with Crippen LogP contribution in [0.4, 0.5) is 0 Å². The average Bonchev–Trinajstić information content (AvgIpc) is 1.46. The fourth-order valence-corrected chi connectivity index (χ4v) is 6.66. The van der Waals surface area contributed by atoms with Crippen molar-refractivity contribution in [2.45, 2.75) is 231 Å². The van der Waals surface area contributed by atoms with Crippen molar-refractivity contribution >= 4 is 23.8 Å². The first-order valence-corrected chi connectivity index (χ1v) is 40.7. The molecule has 1 aliphatic carbocycles. The number of furan rings is 1. The molecular weight excluding hydrogens is 1490 g/mol. The molecule has 6 aromatic carbocycles. The van der Waals surface area contributed by atoms with Crippen LogP contribution in [0.15, 0.2) is 336 Å². The number of pyridine rings is 1. The molecule has 2 radical (unpaired) electrons. The van der Waals surface area contributed by atoms with Crippen molar-refractivity contribution in [3.8, 4) is 0 Å². The summed E-state index contributed by atoms with van der Waals surface area (Å²) in [5.74, 6) is 0. The molecule has 0 N–H and O–H groups in total. The first-order valence-electron chi connectivity index (χ1n) is 39.8. The Hall–Kier alpha value is -6.61. The van der Waals surface area contributed by atoms with Crippen LogP contribution in [0.3, 0.4) is 0 Å². The van der Waals surface area contributed by atoms with E-state index in [2.05, 4.69) is 104 Å². The zero-order chi connectivity index (χ0) is 82.0. The predicted octanol–water partition coefficient (Wildman–Crippen LogP) is 31.8. The minimum Gasteiger partial charge on any atom is -0.473 e. The van der Waals surface area contributed by atoms with Gasteiger partial charge in [-0.1, -0.05) is 373 Å².